The summed E-state index contributed by atoms with van der Waals surface area (Å²) >= 11 is 1.25. The van der Waals surface area contributed by atoms with Crippen LogP contribution in [0.2, 0.25) is 0 Å². The molecule has 4 rings (SSSR count). The number of hydrogen-bond donors (Lipinski definition) is 2. The molecule has 0 bridgehead atoms. The van der Waals surface area contributed by atoms with Crippen LogP contribution in [0.1, 0.15) is 25.5 Å². The minimum atomic E-state index is -0.315. The lowest BCUT2D eigenvalue weighted by molar-refractivity contribution is -0.125. The van der Waals surface area contributed by atoms with E-state index in [1.807, 2.05) is 11.8 Å². The number of thiazole rings is 1. The van der Waals surface area contributed by atoms with Crippen LogP contribution >= 0.6 is 11.3 Å². The minimum Gasteiger partial charge on any atom is -0.467 e. The number of amides is 2. The molecule has 0 radical (unpaired) electrons. The molecule has 164 valence electrons. The Labute approximate surface area is 182 Å². The van der Waals surface area contributed by atoms with Crippen LogP contribution in [-0.2, 0) is 22.7 Å². The Morgan fingerprint density at radius 2 is 2.23 bits per heavy atom. The number of aromatic nitrogens is 3. The summed E-state index contributed by atoms with van der Waals surface area (Å²) in [7, 11) is 0. The fourth-order valence-corrected chi connectivity index (χ4v) is 4.58. The number of furan rings is 1. The average Bonchev–Trinajstić information content (AvgIpc) is 3.45. The highest BCUT2D eigenvalue weighted by molar-refractivity contribution is 7.22. The second kappa shape index (κ2) is 9.29. The van der Waals surface area contributed by atoms with Crippen molar-refractivity contribution >= 4 is 38.6 Å². The third kappa shape index (κ3) is 4.76. The molecule has 1 fully saturated rings. The van der Waals surface area contributed by atoms with Crippen LogP contribution in [0.4, 0.5) is 5.13 Å². The summed E-state index contributed by atoms with van der Waals surface area (Å²) in [6.07, 6.45) is 4.59. The van der Waals surface area contributed by atoms with Gasteiger partial charge in [0.15, 0.2) is 10.8 Å². The molecule has 1 atom stereocenters. The Morgan fingerprint density at radius 1 is 1.35 bits per heavy atom. The highest BCUT2D eigenvalue weighted by Crippen LogP contribution is 2.29. The van der Waals surface area contributed by atoms with E-state index in [4.69, 9.17) is 4.42 Å². The van der Waals surface area contributed by atoms with Crippen LogP contribution in [0.5, 0.6) is 0 Å². The zero-order valence-electron chi connectivity index (χ0n) is 17.2. The van der Waals surface area contributed by atoms with Crippen molar-refractivity contribution in [3.8, 4) is 0 Å². The van der Waals surface area contributed by atoms with Gasteiger partial charge < -0.3 is 20.0 Å². The molecule has 31 heavy (non-hydrogen) atoms. The number of carbonyl (C=O) groups excluding carboxylic acids is 2. The molecule has 2 N–H and O–H groups in total. The van der Waals surface area contributed by atoms with Gasteiger partial charge in [0.05, 0.1) is 18.7 Å². The molecule has 0 unspecified atom stereocenters. The number of nitrogens with zero attached hydrogens (tertiary/aromatic N) is 4. The minimum absolute atomic E-state index is 0.0503. The lowest BCUT2D eigenvalue weighted by Gasteiger charge is -2.31. The summed E-state index contributed by atoms with van der Waals surface area (Å²) in [5, 5.41) is 6.26. The van der Waals surface area contributed by atoms with Crippen LogP contribution in [0, 0.1) is 5.92 Å². The van der Waals surface area contributed by atoms with Gasteiger partial charge in [-0.2, -0.15) is 4.98 Å². The van der Waals surface area contributed by atoms with Gasteiger partial charge in [-0.3, -0.25) is 19.0 Å². The third-order valence-electron chi connectivity index (χ3n) is 5.14. The van der Waals surface area contributed by atoms with Crippen molar-refractivity contribution in [2.75, 3.05) is 24.5 Å². The first-order valence-corrected chi connectivity index (χ1v) is 11.0. The van der Waals surface area contributed by atoms with Crippen molar-refractivity contribution < 1.29 is 14.0 Å². The van der Waals surface area contributed by atoms with Crippen LogP contribution in [0.3, 0.4) is 0 Å². The second-order valence-electron chi connectivity index (χ2n) is 7.36. The van der Waals surface area contributed by atoms with Gasteiger partial charge in [0.1, 0.15) is 23.3 Å². The molecular weight excluding hydrogens is 420 g/mol. The van der Waals surface area contributed by atoms with Crippen molar-refractivity contribution in [3.63, 3.8) is 0 Å². The largest absolute Gasteiger partial charge is 0.467 e. The standard InChI is InChI=1S/C20H24N6O4S/c1-2-21-18(28)13-5-3-7-25(10-13)20-24-17-16(31-20)19(29)26(12-23-17)11-15(27)22-9-14-6-4-8-30-14/h4,6,8,12-13H,2-3,5,7,9-11H2,1H3,(H,21,28)(H,22,27)/t13-/m0/s1. The molecule has 4 heterocycles. The van der Waals surface area contributed by atoms with Crippen molar-refractivity contribution in [1.82, 2.24) is 25.2 Å². The van der Waals surface area contributed by atoms with Gasteiger partial charge in [-0.05, 0) is 31.9 Å². The molecule has 0 saturated carbocycles. The van der Waals surface area contributed by atoms with Crippen LogP contribution < -0.4 is 21.1 Å². The Bertz CT molecular complexity index is 1120. The maximum atomic E-state index is 12.9. The molecule has 1 saturated heterocycles. The summed E-state index contributed by atoms with van der Waals surface area (Å²) < 4.78 is 6.85. The topological polar surface area (TPSA) is 122 Å². The lowest BCUT2D eigenvalue weighted by Crippen LogP contribution is -2.43. The molecule has 10 nitrogen and oxygen atoms in total. The SMILES string of the molecule is CCNC(=O)[C@H]1CCCN(c2nc3ncn(CC(=O)NCc4ccco4)c(=O)c3s2)C1. The normalized spacial score (nSPS) is 16.4. The van der Waals surface area contributed by atoms with Crippen molar-refractivity contribution in [2.45, 2.75) is 32.9 Å². The number of anilines is 1. The van der Waals surface area contributed by atoms with E-state index in [-0.39, 0.29) is 36.4 Å². The quantitative estimate of drug-likeness (QED) is 0.560. The Kier molecular flexibility index (Phi) is 6.31. The first-order chi connectivity index (χ1) is 15.0. The molecule has 0 aromatic carbocycles. The predicted octanol–water partition coefficient (Wildman–Crippen LogP) is 1.11. The van der Waals surface area contributed by atoms with Crippen molar-refractivity contribution in [2.24, 2.45) is 5.92 Å². The molecule has 3 aromatic heterocycles. The van der Waals surface area contributed by atoms with Crippen molar-refractivity contribution in [1.29, 1.82) is 0 Å². The summed E-state index contributed by atoms with van der Waals surface area (Å²) in [6.45, 7) is 3.96. The number of fused-ring (bicyclic) bond motifs is 1. The monoisotopic (exact) mass is 444 g/mol. The molecule has 0 spiro atoms. The van der Waals surface area contributed by atoms with Gasteiger partial charge in [0.25, 0.3) is 5.56 Å². The summed E-state index contributed by atoms with van der Waals surface area (Å²) in [6, 6.07) is 3.50. The van der Waals surface area contributed by atoms with E-state index in [0.717, 1.165) is 19.4 Å². The predicted molar refractivity (Wildman–Crippen MR) is 116 cm³/mol. The fourth-order valence-electron chi connectivity index (χ4n) is 3.58. The fraction of sp³-hybridized carbons (Fsp3) is 0.450. The van der Waals surface area contributed by atoms with Gasteiger partial charge in [0.2, 0.25) is 11.8 Å². The molecule has 1 aliphatic heterocycles. The van der Waals surface area contributed by atoms with E-state index in [1.54, 1.807) is 12.1 Å². The smallest absolute Gasteiger partial charge is 0.273 e. The van der Waals surface area contributed by atoms with Gasteiger partial charge >= 0.3 is 0 Å². The summed E-state index contributed by atoms with van der Waals surface area (Å²) in [4.78, 5) is 48.1. The Balaban J connectivity index is 1.47. The maximum Gasteiger partial charge on any atom is 0.273 e. The number of rotatable bonds is 7. The van der Waals surface area contributed by atoms with Gasteiger partial charge in [0, 0.05) is 19.6 Å². The van der Waals surface area contributed by atoms with E-state index >= 15 is 0 Å². The average molecular weight is 445 g/mol. The maximum absolute atomic E-state index is 12.9. The molecule has 1 aliphatic rings. The Hall–Kier alpha value is -3.21. The van der Waals surface area contributed by atoms with Gasteiger partial charge in [-0.15, -0.1) is 0 Å². The van der Waals surface area contributed by atoms with E-state index in [1.165, 1.54) is 28.5 Å². The summed E-state index contributed by atoms with van der Waals surface area (Å²) in [5.41, 5.74) is 0.0524. The third-order valence-corrected chi connectivity index (χ3v) is 6.23. The van der Waals surface area contributed by atoms with Crippen LogP contribution in [0.25, 0.3) is 10.3 Å². The highest BCUT2D eigenvalue weighted by atomic mass is 32.1. The lowest BCUT2D eigenvalue weighted by atomic mass is 9.97. The van der Waals surface area contributed by atoms with Crippen LogP contribution in [-0.4, -0.2) is 46.0 Å². The van der Waals surface area contributed by atoms with E-state index in [2.05, 4.69) is 20.6 Å². The highest BCUT2D eigenvalue weighted by Gasteiger charge is 2.27. The van der Waals surface area contributed by atoms with E-state index in [9.17, 15) is 14.4 Å². The molecule has 2 amide bonds. The first-order valence-electron chi connectivity index (χ1n) is 10.2. The molecular formula is C20H24N6O4S. The molecule has 3 aromatic rings. The number of carbonyl (C=O) groups is 2. The van der Waals surface area contributed by atoms with Crippen molar-refractivity contribution in [3.05, 3.63) is 40.8 Å². The number of nitrogens with one attached hydrogen (secondary N) is 2. The second-order valence-corrected chi connectivity index (χ2v) is 8.34. The number of piperidine rings is 1. The van der Waals surface area contributed by atoms with Gasteiger partial charge in [-0.25, -0.2) is 4.98 Å². The van der Waals surface area contributed by atoms with Gasteiger partial charge in [-0.1, -0.05) is 11.3 Å². The zero-order valence-corrected chi connectivity index (χ0v) is 18.0. The number of hydrogen-bond acceptors (Lipinski definition) is 8. The van der Waals surface area contributed by atoms with E-state index in [0.29, 0.717) is 34.3 Å². The zero-order chi connectivity index (χ0) is 21.8. The van der Waals surface area contributed by atoms with E-state index < -0.39 is 0 Å². The molecule has 0 aliphatic carbocycles. The first kappa shape index (κ1) is 21.0. The van der Waals surface area contributed by atoms with Crippen LogP contribution in [0.15, 0.2) is 33.9 Å². The summed E-state index contributed by atoms with van der Waals surface area (Å²) in [5.74, 6) is 0.275. The Morgan fingerprint density at radius 3 is 3.00 bits per heavy atom. The molecule has 11 heteroatoms.